The lowest BCUT2D eigenvalue weighted by Gasteiger charge is -2.06. The third-order valence-corrected chi connectivity index (χ3v) is 1.75. The van der Waals surface area contributed by atoms with Crippen molar-refractivity contribution in [3.63, 3.8) is 0 Å². The number of aromatic nitrogens is 1. The summed E-state index contributed by atoms with van der Waals surface area (Å²) in [5, 5.41) is 17.8. The van der Waals surface area contributed by atoms with Crippen molar-refractivity contribution in [3.8, 4) is 0 Å². The first-order valence-corrected chi connectivity index (χ1v) is 3.59. The smallest absolute Gasteiger partial charge is 0.423 e. The number of hydrogen-bond donors (Lipinski definition) is 3. The Bertz CT molecular complexity index is 319. The molecule has 64 valence electrons. The molecule has 0 saturated heterocycles. The molecule has 5 heteroatoms. The fraction of sp³-hybridized carbons (Fsp3) is 0.286. The molecule has 1 aromatic heterocycles. The van der Waals surface area contributed by atoms with Crippen molar-refractivity contribution >= 4 is 12.6 Å². The van der Waals surface area contributed by atoms with E-state index in [9.17, 15) is 4.79 Å². The minimum atomic E-state index is -1.53. The first kappa shape index (κ1) is 9.03. The van der Waals surface area contributed by atoms with E-state index in [1.54, 1.807) is 13.8 Å². The van der Waals surface area contributed by atoms with E-state index in [-0.39, 0.29) is 5.56 Å². The van der Waals surface area contributed by atoms with Crippen LogP contribution in [0.1, 0.15) is 11.3 Å². The molecule has 0 atom stereocenters. The number of aromatic amines is 1. The summed E-state index contributed by atoms with van der Waals surface area (Å²) in [6.07, 6.45) is 0. The molecule has 0 aliphatic carbocycles. The van der Waals surface area contributed by atoms with E-state index in [0.29, 0.717) is 16.7 Å². The number of aryl methyl sites for hydroxylation is 2. The van der Waals surface area contributed by atoms with Crippen LogP contribution in [-0.2, 0) is 0 Å². The van der Waals surface area contributed by atoms with E-state index >= 15 is 0 Å². The summed E-state index contributed by atoms with van der Waals surface area (Å²) in [5.74, 6) is 0. The molecule has 0 aromatic carbocycles. The van der Waals surface area contributed by atoms with Crippen LogP contribution in [0.5, 0.6) is 0 Å². The molecule has 1 rings (SSSR count). The molecule has 0 amide bonds. The third kappa shape index (κ3) is 1.57. The lowest BCUT2D eigenvalue weighted by Crippen LogP contribution is -2.37. The predicted molar refractivity (Wildman–Crippen MR) is 46.4 cm³/mol. The zero-order chi connectivity index (χ0) is 9.30. The molecule has 1 heterocycles. The SMILES string of the molecule is Cc1cc(=O)[nH]c(C)c1B(O)O. The van der Waals surface area contributed by atoms with Gasteiger partial charge in [-0.25, -0.2) is 0 Å². The van der Waals surface area contributed by atoms with Crippen molar-refractivity contribution in [3.05, 3.63) is 27.7 Å². The average molecular weight is 167 g/mol. The Hall–Kier alpha value is -1.07. The second-order valence-electron chi connectivity index (χ2n) is 2.73. The largest absolute Gasteiger partial charge is 0.490 e. The van der Waals surface area contributed by atoms with Crippen LogP contribution in [0.3, 0.4) is 0 Å². The minimum absolute atomic E-state index is 0.227. The van der Waals surface area contributed by atoms with Crippen LogP contribution in [0.4, 0.5) is 0 Å². The van der Waals surface area contributed by atoms with Gasteiger partial charge in [-0.05, 0) is 19.4 Å². The number of rotatable bonds is 1. The van der Waals surface area contributed by atoms with Crippen molar-refractivity contribution in [1.82, 2.24) is 4.98 Å². The molecule has 1 aromatic rings. The maximum Gasteiger partial charge on any atom is 0.490 e. The molecule has 0 fully saturated rings. The first-order valence-electron chi connectivity index (χ1n) is 3.59. The van der Waals surface area contributed by atoms with Crippen LogP contribution in [0, 0.1) is 13.8 Å². The van der Waals surface area contributed by atoms with Gasteiger partial charge in [0.15, 0.2) is 0 Å². The zero-order valence-electron chi connectivity index (χ0n) is 6.96. The molecular weight excluding hydrogens is 157 g/mol. The van der Waals surface area contributed by atoms with Gasteiger partial charge in [0, 0.05) is 17.2 Å². The van der Waals surface area contributed by atoms with Gasteiger partial charge in [-0.2, -0.15) is 0 Å². The highest BCUT2D eigenvalue weighted by atomic mass is 16.4. The molecule has 0 spiro atoms. The lowest BCUT2D eigenvalue weighted by atomic mass is 9.76. The minimum Gasteiger partial charge on any atom is -0.423 e. The number of nitrogens with one attached hydrogen (secondary N) is 1. The highest BCUT2D eigenvalue weighted by Gasteiger charge is 2.17. The Morgan fingerprint density at radius 3 is 2.42 bits per heavy atom. The summed E-state index contributed by atoms with van der Waals surface area (Å²) >= 11 is 0. The fourth-order valence-electron chi connectivity index (χ4n) is 1.26. The van der Waals surface area contributed by atoms with Crippen LogP contribution >= 0.6 is 0 Å². The van der Waals surface area contributed by atoms with Crippen LogP contribution < -0.4 is 11.0 Å². The second-order valence-corrected chi connectivity index (χ2v) is 2.73. The molecule has 4 nitrogen and oxygen atoms in total. The Morgan fingerprint density at radius 1 is 1.42 bits per heavy atom. The number of hydrogen-bond acceptors (Lipinski definition) is 3. The van der Waals surface area contributed by atoms with Crippen molar-refractivity contribution in [2.45, 2.75) is 13.8 Å². The molecular formula is C7H10BNO3. The van der Waals surface area contributed by atoms with Crippen molar-refractivity contribution in [2.75, 3.05) is 0 Å². The van der Waals surface area contributed by atoms with E-state index in [4.69, 9.17) is 10.0 Å². The Labute approximate surface area is 70.0 Å². The standard InChI is InChI=1S/C7H10BNO3/c1-4-3-6(10)9-5(2)7(4)8(11)12/h3,11-12H,1-2H3,(H,9,10). The summed E-state index contributed by atoms with van der Waals surface area (Å²) in [4.78, 5) is 13.4. The molecule has 0 saturated carbocycles. The van der Waals surface area contributed by atoms with Gasteiger partial charge in [0.25, 0.3) is 0 Å². The fourth-order valence-corrected chi connectivity index (χ4v) is 1.26. The summed E-state index contributed by atoms with van der Waals surface area (Å²) in [6.45, 7) is 3.29. The van der Waals surface area contributed by atoms with Gasteiger partial charge < -0.3 is 15.0 Å². The summed E-state index contributed by atoms with van der Waals surface area (Å²) < 4.78 is 0. The van der Waals surface area contributed by atoms with Gasteiger partial charge in [-0.3, -0.25) is 4.79 Å². The summed E-state index contributed by atoms with van der Waals surface area (Å²) in [6, 6.07) is 1.34. The van der Waals surface area contributed by atoms with Crippen molar-refractivity contribution < 1.29 is 10.0 Å². The van der Waals surface area contributed by atoms with E-state index in [1.807, 2.05) is 0 Å². The van der Waals surface area contributed by atoms with E-state index in [1.165, 1.54) is 6.07 Å². The molecule has 0 bridgehead atoms. The summed E-state index contributed by atoms with van der Waals surface area (Å²) in [7, 11) is -1.53. The molecule has 0 unspecified atom stereocenters. The monoisotopic (exact) mass is 167 g/mol. The predicted octanol–water partition coefficient (Wildman–Crippen LogP) is -1.33. The van der Waals surface area contributed by atoms with E-state index in [0.717, 1.165) is 0 Å². The van der Waals surface area contributed by atoms with E-state index in [2.05, 4.69) is 4.98 Å². The van der Waals surface area contributed by atoms with Gasteiger partial charge >= 0.3 is 7.12 Å². The second kappa shape index (κ2) is 3.12. The van der Waals surface area contributed by atoms with Gasteiger partial charge in [-0.15, -0.1) is 0 Å². The van der Waals surface area contributed by atoms with Gasteiger partial charge in [0.05, 0.1) is 0 Å². The van der Waals surface area contributed by atoms with Gasteiger partial charge in [-0.1, -0.05) is 0 Å². The Balaban J connectivity index is 3.38. The normalized spacial score (nSPS) is 10.0. The van der Waals surface area contributed by atoms with Crippen molar-refractivity contribution in [1.29, 1.82) is 0 Å². The van der Waals surface area contributed by atoms with E-state index < -0.39 is 7.12 Å². The van der Waals surface area contributed by atoms with Crippen LogP contribution in [-0.4, -0.2) is 22.2 Å². The zero-order valence-corrected chi connectivity index (χ0v) is 6.96. The van der Waals surface area contributed by atoms with Crippen LogP contribution in [0.25, 0.3) is 0 Å². The van der Waals surface area contributed by atoms with Gasteiger partial charge in [0.2, 0.25) is 5.56 Å². The maximum atomic E-state index is 10.9. The Morgan fingerprint density at radius 2 is 2.00 bits per heavy atom. The maximum absolute atomic E-state index is 10.9. The molecule has 0 aliphatic heterocycles. The number of pyridine rings is 1. The summed E-state index contributed by atoms with van der Waals surface area (Å²) in [5.41, 5.74) is 1.23. The van der Waals surface area contributed by atoms with Gasteiger partial charge in [0.1, 0.15) is 0 Å². The Kier molecular flexibility index (Phi) is 2.35. The molecule has 12 heavy (non-hydrogen) atoms. The molecule has 0 aliphatic rings. The average Bonchev–Trinajstić information content (AvgIpc) is 1.82. The highest BCUT2D eigenvalue weighted by molar-refractivity contribution is 6.59. The molecule has 3 N–H and O–H groups in total. The van der Waals surface area contributed by atoms with Crippen LogP contribution in [0.2, 0.25) is 0 Å². The molecule has 0 radical (unpaired) electrons. The topological polar surface area (TPSA) is 73.3 Å². The third-order valence-electron chi connectivity index (χ3n) is 1.75. The highest BCUT2D eigenvalue weighted by Crippen LogP contribution is 1.92. The first-order chi connectivity index (χ1) is 5.52. The quantitative estimate of drug-likeness (QED) is 0.453. The number of H-pyrrole nitrogens is 1. The van der Waals surface area contributed by atoms with Crippen LogP contribution in [0.15, 0.2) is 10.9 Å². The van der Waals surface area contributed by atoms with Crippen molar-refractivity contribution in [2.24, 2.45) is 0 Å². The lowest BCUT2D eigenvalue weighted by molar-refractivity contribution is 0.425.